The Hall–Kier alpha value is -2.14. The second-order valence-corrected chi connectivity index (χ2v) is 3.47. The summed E-state index contributed by atoms with van der Waals surface area (Å²) in [7, 11) is 3.01. The molecule has 0 aliphatic carbocycles. The van der Waals surface area contributed by atoms with E-state index in [0.29, 0.717) is 5.69 Å². The van der Waals surface area contributed by atoms with E-state index in [2.05, 4.69) is 4.98 Å². The third kappa shape index (κ3) is 2.19. The molecule has 1 amide bonds. The normalized spacial score (nSPS) is 10.2. The molecule has 0 spiro atoms. The minimum atomic E-state index is -0.242. The van der Waals surface area contributed by atoms with Gasteiger partial charge in [-0.2, -0.15) is 0 Å². The number of aromatic nitrogens is 2. The van der Waals surface area contributed by atoms with Crippen LogP contribution in [0, 0.1) is 0 Å². The molecule has 0 aliphatic rings. The van der Waals surface area contributed by atoms with Crippen molar-refractivity contribution >= 4 is 5.91 Å². The Morgan fingerprint density at radius 3 is 2.71 bits per heavy atom. The van der Waals surface area contributed by atoms with Crippen LogP contribution in [0.15, 0.2) is 42.9 Å². The van der Waals surface area contributed by atoms with Gasteiger partial charge in [-0.3, -0.25) is 14.2 Å². The topological polar surface area (TPSA) is 47.4 Å². The highest BCUT2D eigenvalue weighted by atomic mass is 16.7. The van der Waals surface area contributed by atoms with Gasteiger partial charge in [0.05, 0.1) is 19.6 Å². The van der Waals surface area contributed by atoms with Crippen LogP contribution in [-0.4, -0.2) is 34.7 Å². The summed E-state index contributed by atoms with van der Waals surface area (Å²) in [6, 6.07) is 9.55. The van der Waals surface area contributed by atoms with E-state index in [-0.39, 0.29) is 5.91 Å². The van der Waals surface area contributed by atoms with Crippen molar-refractivity contribution in [2.24, 2.45) is 0 Å². The lowest BCUT2D eigenvalue weighted by Crippen LogP contribution is -2.27. The number of carbonyl (C=O) groups excluding carboxylic acids is 1. The van der Waals surface area contributed by atoms with E-state index >= 15 is 0 Å². The number of amides is 1. The molecular formula is C12H13N3O2. The first-order valence-electron chi connectivity index (χ1n) is 5.14. The summed E-state index contributed by atoms with van der Waals surface area (Å²) in [4.78, 5) is 20.8. The van der Waals surface area contributed by atoms with Gasteiger partial charge >= 0.3 is 0 Å². The summed E-state index contributed by atoms with van der Waals surface area (Å²) >= 11 is 0. The summed E-state index contributed by atoms with van der Waals surface area (Å²) in [6.07, 6.45) is 3.12. The zero-order valence-electron chi connectivity index (χ0n) is 9.70. The first-order chi connectivity index (χ1) is 8.24. The van der Waals surface area contributed by atoms with Gasteiger partial charge in [0.15, 0.2) is 0 Å². The highest BCUT2D eigenvalue weighted by Crippen LogP contribution is 2.12. The van der Waals surface area contributed by atoms with Crippen molar-refractivity contribution in [3.05, 3.63) is 48.5 Å². The Balaban J connectivity index is 2.39. The van der Waals surface area contributed by atoms with Gasteiger partial charge in [0, 0.05) is 12.7 Å². The molecule has 0 bridgehead atoms. The van der Waals surface area contributed by atoms with Crippen molar-refractivity contribution in [3.63, 3.8) is 0 Å². The number of benzene rings is 1. The maximum absolute atomic E-state index is 12.0. The molecule has 5 heteroatoms. The van der Waals surface area contributed by atoms with E-state index < -0.39 is 0 Å². The lowest BCUT2D eigenvalue weighted by molar-refractivity contribution is -0.0761. The van der Waals surface area contributed by atoms with E-state index in [4.69, 9.17) is 4.84 Å². The van der Waals surface area contributed by atoms with Crippen molar-refractivity contribution in [2.45, 2.75) is 0 Å². The highest BCUT2D eigenvalue weighted by Gasteiger charge is 2.16. The van der Waals surface area contributed by atoms with Crippen molar-refractivity contribution in [2.75, 3.05) is 14.2 Å². The fraction of sp³-hybridized carbons (Fsp3) is 0.167. The lowest BCUT2D eigenvalue weighted by atomic mass is 10.3. The first kappa shape index (κ1) is 11.3. The van der Waals surface area contributed by atoms with Gasteiger partial charge in [-0.25, -0.2) is 10.0 Å². The van der Waals surface area contributed by atoms with Gasteiger partial charge in [-0.15, -0.1) is 0 Å². The lowest BCUT2D eigenvalue weighted by Gasteiger charge is -2.14. The fourth-order valence-corrected chi connectivity index (χ4v) is 1.49. The standard InChI is InChI=1S/C12H13N3O2/c1-14(17-2)12(16)11-8-13-9-15(11)10-6-4-3-5-7-10/h3-9H,1-2H3. The molecule has 0 unspecified atom stereocenters. The first-order valence-corrected chi connectivity index (χ1v) is 5.14. The van der Waals surface area contributed by atoms with Gasteiger partial charge in [0.25, 0.3) is 5.91 Å². The number of hydroxylamine groups is 2. The number of imidazole rings is 1. The Labute approximate surface area is 99.2 Å². The Morgan fingerprint density at radius 2 is 2.06 bits per heavy atom. The summed E-state index contributed by atoms with van der Waals surface area (Å²) in [5.41, 5.74) is 1.35. The summed E-state index contributed by atoms with van der Waals surface area (Å²) in [6.45, 7) is 0. The van der Waals surface area contributed by atoms with Crippen LogP contribution >= 0.6 is 0 Å². The molecule has 0 atom stereocenters. The molecule has 88 valence electrons. The third-order valence-electron chi connectivity index (χ3n) is 2.45. The number of hydrogen-bond donors (Lipinski definition) is 0. The van der Waals surface area contributed by atoms with Gasteiger partial charge in [-0.05, 0) is 12.1 Å². The average Bonchev–Trinajstić information content (AvgIpc) is 2.87. The molecule has 0 saturated heterocycles. The summed E-state index contributed by atoms with van der Waals surface area (Å²) in [5, 5.41) is 1.16. The quantitative estimate of drug-likeness (QED) is 0.752. The third-order valence-corrected chi connectivity index (χ3v) is 2.45. The van der Waals surface area contributed by atoms with Gasteiger partial charge < -0.3 is 0 Å². The molecular weight excluding hydrogens is 218 g/mol. The van der Waals surface area contributed by atoms with Crippen LogP contribution in [0.25, 0.3) is 5.69 Å². The minimum absolute atomic E-state index is 0.242. The van der Waals surface area contributed by atoms with E-state index in [1.165, 1.54) is 13.3 Å². The van der Waals surface area contributed by atoms with E-state index in [9.17, 15) is 4.79 Å². The maximum Gasteiger partial charge on any atom is 0.295 e. The maximum atomic E-state index is 12.0. The van der Waals surface area contributed by atoms with Crippen LogP contribution in [-0.2, 0) is 4.84 Å². The molecule has 1 heterocycles. The number of rotatable bonds is 3. The predicted molar refractivity (Wildman–Crippen MR) is 62.7 cm³/mol. The van der Waals surface area contributed by atoms with Crippen LogP contribution in [0.2, 0.25) is 0 Å². The van der Waals surface area contributed by atoms with Crippen molar-refractivity contribution < 1.29 is 9.63 Å². The number of carbonyl (C=O) groups is 1. The minimum Gasteiger partial charge on any atom is -0.295 e. The molecule has 5 nitrogen and oxygen atoms in total. The van der Waals surface area contributed by atoms with Crippen molar-refractivity contribution in [1.29, 1.82) is 0 Å². The Bertz CT molecular complexity index is 507. The van der Waals surface area contributed by atoms with Gasteiger partial charge in [-0.1, -0.05) is 18.2 Å². The molecule has 1 aromatic heterocycles. The molecule has 1 aromatic carbocycles. The molecule has 0 aliphatic heterocycles. The molecule has 17 heavy (non-hydrogen) atoms. The fourth-order valence-electron chi connectivity index (χ4n) is 1.49. The van der Waals surface area contributed by atoms with Crippen molar-refractivity contribution in [3.8, 4) is 5.69 Å². The molecule has 0 radical (unpaired) electrons. The molecule has 0 fully saturated rings. The smallest absolute Gasteiger partial charge is 0.295 e. The number of nitrogens with zero attached hydrogens (tertiary/aromatic N) is 3. The highest BCUT2D eigenvalue weighted by molar-refractivity contribution is 5.92. The number of hydrogen-bond acceptors (Lipinski definition) is 3. The number of para-hydroxylation sites is 1. The Morgan fingerprint density at radius 1 is 1.35 bits per heavy atom. The zero-order chi connectivity index (χ0) is 12.3. The Kier molecular flexibility index (Phi) is 3.20. The molecule has 0 N–H and O–H groups in total. The summed E-state index contributed by atoms with van der Waals surface area (Å²) in [5.74, 6) is -0.242. The van der Waals surface area contributed by atoms with Crippen LogP contribution < -0.4 is 0 Å². The van der Waals surface area contributed by atoms with Crippen LogP contribution in [0.5, 0.6) is 0 Å². The SMILES string of the molecule is CON(C)C(=O)c1cncn1-c1ccccc1. The largest absolute Gasteiger partial charge is 0.295 e. The van der Waals surface area contributed by atoms with E-state index in [0.717, 1.165) is 10.8 Å². The predicted octanol–water partition coefficient (Wildman–Crippen LogP) is 1.51. The zero-order valence-corrected chi connectivity index (χ0v) is 9.70. The van der Waals surface area contributed by atoms with E-state index in [1.807, 2.05) is 30.3 Å². The summed E-state index contributed by atoms with van der Waals surface area (Å²) < 4.78 is 1.72. The van der Waals surface area contributed by atoms with Gasteiger partial charge in [0.2, 0.25) is 0 Å². The van der Waals surface area contributed by atoms with Crippen LogP contribution in [0.1, 0.15) is 10.5 Å². The van der Waals surface area contributed by atoms with Gasteiger partial charge in [0.1, 0.15) is 5.69 Å². The second kappa shape index (κ2) is 4.80. The second-order valence-electron chi connectivity index (χ2n) is 3.47. The van der Waals surface area contributed by atoms with Crippen LogP contribution in [0.3, 0.4) is 0 Å². The molecule has 2 rings (SSSR count). The molecule has 0 saturated carbocycles. The molecule has 2 aromatic rings. The van der Waals surface area contributed by atoms with Crippen molar-refractivity contribution in [1.82, 2.24) is 14.6 Å². The monoisotopic (exact) mass is 231 g/mol. The van der Waals surface area contributed by atoms with Crippen LogP contribution in [0.4, 0.5) is 0 Å². The average molecular weight is 231 g/mol. The van der Waals surface area contributed by atoms with E-state index in [1.54, 1.807) is 17.9 Å².